The van der Waals surface area contributed by atoms with E-state index >= 15 is 0 Å². The van der Waals surface area contributed by atoms with Gasteiger partial charge in [-0.2, -0.15) is 0 Å². The molecule has 0 saturated carbocycles. The molecule has 3 aromatic rings. The maximum Gasteiger partial charge on any atom is 0.331 e. The standard InChI is InChI=1S/C30H38N4O10/c1-7-43-23-13-22(18-34-28(38)20(4)16-32(30(34)40)12-10-26(36)42-6)24(44-8-2)14-21(23)17-33-27(37)19(3)15-31(29(33)39)11-9-25(35)41-5/h13-16H,7-12,17-18H2,1-6H3. The Labute approximate surface area is 253 Å². The smallest absolute Gasteiger partial charge is 0.331 e. The lowest BCUT2D eigenvalue weighted by molar-refractivity contribution is -0.141. The van der Waals surface area contributed by atoms with Gasteiger partial charge in [0.2, 0.25) is 0 Å². The third-order valence-corrected chi connectivity index (χ3v) is 6.89. The SMILES string of the molecule is CCOc1cc(Cn2c(=O)c(C)cn(CCC(=O)OC)c2=O)c(OCC)cc1Cn1c(=O)c(C)cn(CCC(=O)OC)c1=O. The molecule has 0 spiro atoms. The molecule has 0 N–H and O–H groups in total. The second-order valence-corrected chi connectivity index (χ2v) is 9.94. The number of carbonyl (C=O) groups is 2. The van der Waals surface area contributed by atoms with E-state index in [0.29, 0.717) is 33.8 Å². The number of nitrogens with zero attached hydrogens (tertiary/aromatic N) is 4. The quantitative estimate of drug-likeness (QED) is 0.240. The maximum absolute atomic E-state index is 13.3. The lowest BCUT2D eigenvalue weighted by atomic mass is 10.1. The van der Waals surface area contributed by atoms with Gasteiger partial charge in [-0.3, -0.25) is 37.4 Å². The molecule has 0 aliphatic carbocycles. The minimum Gasteiger partial charge on any atom is -0.494 e. The molecular weight excluding hydrogens is 576 g/mol. The van der Waals surface area contributed by atoms with E-state index in [-0.39, 0.29) is 52.2 Å². The Morgan fingerprint density at radius 2 is 1.02 bits per heavy atom. The molecule has 1 aromatic carbocycles. The van der Waals surface area contributed by atoms with Crippen molar-refractivity contribution in [3.05, 3.63) is 88.5 Å². The van der Waals surface area contributed by atoms with Crippen LogP contribution in [0, 0.1) is 13.8 Å². The molecule has 0 bridgehead atoms. The number of ether oxygens (including phenoxy) is 4. The molecule has 2 aromatic heterocycles. The molecule has 0 amide bonds. The van der Waals surface area contributed by atoms with Crippen LogP contribution in [0.5, 0.6) is 11.5 Å². The summed E-state index contributed by atoms with van der Waals surface area (Å²) in [5.74, 6) is -0.338. The molecule has 0 atom stereocenters. The molecule has 0 unspecified atom stereocenters. The first-order valence-electron chi connectivity index (χ1n) is 14.1. The lowest BCUT2D eigenvalue weighted by Gasteiger charge is -2.19. The highest BCUT2D eigenvalue weighted by Crippen LogP contribution is 2.30. The van der Waals surface area contributed by atoms with Crippen LogP contribution in [0.25, 0.3) is 0 Å². The second-order valence-electron chi connectivity index (χ2n) is 9.94. The summed E-state index contributed by atoms with van der Waals surface area (Å²) in [6.45, 7) is 6.88. The highest BCUT2D eigenvalue weighted by molar-refractivity contribution is 5.69. The van der Waals surface area contributed by atoms with E-state index in [1.54, 1.807) is 39.8 Å². The molecule has 0 aliphatic rings. The van der Waals surface area contributed by atoms with Gasteiger partial charge in [0.1, 0.15) is 11.5 Å². The van der Waals surface area contributed by atoms with Crippen molar-refractivity contribution in [1.82, 2.24) is 18.3 Å². The van der Waals surface area contributed by atoms with Gasteiger partial charge in [-0.25, -0.2) is 9.59 Å². The summed E-state index contributed by atoms with van der Waals surface area (Å²) in [4.78, 5) is 76.0. The highest BCUT2D eigenvalue weighted by Gasteiger charge is 2.19. The number of methoxy groups -OCH3 is 2. The predicted octanol–water partition coefficient (Wildman–Crippen LogP) is 0.970. The van der Waals surface area contributed by atoms with Crippen LogP contribution in [-0.2, 0) is 45.2 Å². The zero-order chi connectivity index (χ0) is 32.6. The highest BCUT2D eigenvalue weighted by atomic mass is 16.5. The number of aromatic nitrogens is 4. The van der Waals surface area contributed by atoms with Crippen molar-refractivity contribution < 1.29 is 28.5 Å². The number of benzene rings is 1. The summed E-state index contributed by atoms with van der Waals surface area (Å²) in [5, 5.41) is 0. The molecule has 14 nitrogen and oxygen atoms in total. The first-order chi connectivity index (χ1) is 20.9. The van der Waals surface area contributed by atoms with Crippen LogP contribution in [0.2, 0.25) is 0 Å². The number of carbonyl (C=O) groups excluding carboxylic acids is 2. The maximum atomic E-state index is 13.3. The largest absolute Gasteiger partial charge is 0.494 e. The Kier molecular flexibility index (Phi) is 11.5. The van der Waals surface area contributed by atoms with Gasteiger partial charge in [0.15, 0.2) is 0 Å². The van der Waals surface area contributed by atoms with Gasteiger partial charge in [-0.05, 0) is 39.8 Å². The molecule has 0 saturated heterocycles. The van der Waals surface area contributed by atoms with Crippen LogP contribution >= 0.6 is 0 Å². The third-order valence-electron chi connectivity index (χ3n) is 6.89. The minimum atomic E-state index is -0.618. The van der Waals surface area contributed by atoms with Gasteiger partial charge < -0.3 is 18.9 Å². The topological polar surface area (TPSA) is 159 Å². The Hall–Kier alpha value is -4.88. The molecular formula is C30H38N4O10. The van der Waals surface area contributed by atoms with Gasteiger partial charge in [-0.15, -0.1) is 0 Å². The van der Waals surface area contributed by atoms with E-state index in [4.69, 9.17) is 9.47 Å². The number of hydrogen-bond acceptors (Lipinski definition) is 10. The average Bonchev–Trinajstić information content (AvgIpc) is 3.00. The Morgan fingerprint density at radius 3 is 1.34 bits per heavy atom. The second kappa shape index (κ2) is 15.0. The number of rotatable bonds is 14. The van der Waals surface area contributed by atoms with Crippen molar-refractivity contribution in [2.45, 2.75) is 66.7 Å². The van der Waals surface area contributed by atoms with E-state index in [0.717, 1.165) is 9.13 Å². The fraction of sp³-hybridized carbons (Fsp3) is 0.467. The first kappa shape index (κ1) is 33.6. The zero-order valence-electron chi connectivity index (χ0n) is 25.8. The van der Waals surface area contributed by atoms with Crippen molar-refractivity contribution in [2.24, 2.45) is 0 Å². The van der Waals surface area contributed by atoms with Crippen LogP contribution in [0.1, 0.15) is 48.9 Å². The van der Waals surface area contributed by atoms with Crippen molar-refractivity contribution in [3.63, 3.8) is 0 Å². The summed E-state index contributed by atoms with van der Waals surface area (Å²) in [6.07, 6.45) is 2.70. The van der Waals surface area contributed by atoms with Crippen LogP contribution in [-0.4, -0.2) is 57.6 Å². The van der Waals surface area contributed by atoms with Crippen molar-refractivity contribution in [3.8, 4) is 11.5 Å². The molecule has 0 fully saturated rings. The summed E-state index contributed by atoms with van der Waals surface area (Å²) in [6, 6.07) is 3.24. The monoisotopic (exact) mass is 614 g/mol. The van der Waals surface area contributed by atoms with Gasteiger partial charge >= 0.3 is 23.3 Å². The van der Waals surface area contributed by atoms with E-state index in [2.05, 4.69) is 9.47 Å². The Balaban J connectivity index is 2.11. The van der Waals surface area contributed by atoms with E-state index in [9.17, 15) is 28.8 Å². The van der Waals surface area contributed by atoms with Gasteiger partial charge in [0, 0.05) is 47.7 Å². The lowest BCUT2D eigenvalue weighted by Crippen LogP contribution is -2.41. The summed E-state index contributed by atoms with van der Waals surface area (Å²) in [5.41, 5.74) is -0.737. The zero-order valence-corrected chi connectivity index (χ0v) is 25.8. The minimum absolute atomic E-state index is 0.0243. The van der Waals surface area contributed by atoms with E-state index < -0.39 is 34.4 Å². The molecule has 0 radical (unpaired) electrons. The normalized spacial score (nSPS) is 10.9. The Morgan fingerprint density at radius 1 is 0.659 bits per heavy atom. The van der Waals surface area contributed by atoms with Crippen LogP contribution in [0.15, 0.2) is 43.7 Å². The van der Waals surface area contributed by atoms with Gasteiger partial charge in [0.05, 0.1) is 53.4 Å². The molecule has 238 valence electrons. The van der Waals surface area contributed by atoms with Crippen LogP contribution < -0.4 is 32.0 Å². The van der Waals surface area contributed by atoms with Crippen LogP contribution in [0.3, 0.4) is 0 Å². The molecule has 44 heavy (non-hydrogen) atoms. The van der Waals surface area contributed by atoms with Crippen molar-refractivity contribution in [2.75, 3.05) is 27.4 Å². The summed E-state index contributed by atoms with van der Waals surface area (Å²) < 4.78 is 25.7. The Bertz CT molecular complexity index is 1630. The number of esters is 2. The predicted molar refractivity (Wildman–Crippen MR) is 160 cm³/mol. The van der Waals surface area contributed by atoms with E-state index in [1.165, 1.54) is 35.7 Å². The van der Waals surface area contributed by atoms with Crippen LogP contribution in [0.4, 0.5) is 0 Å². The molecule has 14 heteroatoms. The van der Waals surface area contributed by atoms with E-state index in [1.807, 2.05) is 0 Å². The van der Waals surface area contributed by atoms with Gasteiger partial charge in [-0.1, -0.05) is 0 Å². The van der Waals surface area contributed by atoms with Crippen molar-refractivity contribution in [1.29, 1.82) is 0 Å². The molecule has 0 aliphatic heterocycles. The third kappa shape index (κ3) is 7.74. The average molecular weight is 615 g/mol. The molecule has 2 heterocycles. The summed E-state index contributed by atoms with van der Waals surface area (Å²) >= 11 is 0. The number of aryl methyl sites for hydroxylation is 4. The fourth-order valence-corrected chi connectivity index (χ4v) is 4.64. The first-order valence-corrected chi connectivity index (χ1v) is 14.1. The fourth-order valence-electron chi connectivity index (χ4n) is 4.64. The molecule has 3 rings (SSSR count). The number of hydrogen-bond donors (Lipinski definition) is 0. The van der Waals surface area contributed by atoms with Crippen molar-refractivity contribution >= 4 is 11.9 Å². The summed E-state index contributed by atoms with van der Waals surface area (Å²) in [7, 11) is 2.50. The van der Waals surface area contributed by atoms with Gasteiger partial charge in [0.25, 0.3) is 11.1 Å².